The van der Waals surface area contributed by atoms with Crippen LogP contribution in [0.1, 0.15) is 19.4 Å². The number of aliphatic hydroxyl groups excluding tert-OH is 1. The molecule has 0 unspecified atom stereocenters. The molecule has 0 aliphatic carbocycles. The first-order valence-electron chi connectivity index (χ1n) is 5.20. The molecule has 0 aliphatic heterocycles. The van der Waals surface area contributed by atoms with Crippen molar-refractivity contribution in [3.05, 3.63) is 23.3 Å². The number of rotatable bonds is 2. The van der Waals surface area contributed by atoms with Crippen LogP contribution in [0.15, 0.2) is 6.07 Å². The van der Waals surface area contributed by atoms with E-state index < -0.39 is 17.2 Å². The van der Waals surface area contributed by atoms with Gasteiger partial charge in [0.2, 0.25) is 0 Å². The lowest BCUT2D eigenvalue weighted by Gasteiger charge is -2.22. The number of nitrogens with zero attached hydrogens (tertiary/aromatic N) is 3. The highest BCUT2D eigenvalue weighted by Crippen LogP contribution is 2.25. The lowest BCUT2D eigenvalue weighted by Crippen LogP contribution is -2.31. The van der Waals surface area contributed by atoms with Crippen molar-refractivity contribution in [2.45, 2.75) is 26.3 Å². The smallest absolute Gasteiger partial charge is 0.186 e. The fraction of sp³-hybridized carbons (Fsp3) is 0.455. The molecule has 0 bridgehead atoms. The normalized spacial score (nSPS) is 12.4. The first-order valence-corrected chi connectivity index (χ1v) is 5.20. The summed E-state index contributed by atoms with van der Waals surface area (Å²) in [6.45, 7) is 4.55. The van der Waals surface area contributed by atoms with Gasteiger partial charge < -0.3 is 5.11 Å². The first kappa shape index (κ1) is 11.9. The molecule has 2 rings (SSSR count). The Kier molecular flexibility index (Phi) is 2.61. The van der Waals surface area contributed by atoms with Crippen LogP contribution in [0, 0.1) is 18.6 Å². The van der Waals surface area contributed by atoms with Crippen LogP contribution in [0.2, 0.25) is 0 Å². The molecular formula is C11H13F2N3O. The Morgan fingerprint density at radius 2 is 2.00 bits per heavy atom. The summed E-state index contributed by atoms with van der Waals surface area (Å²) >= 11 is 0. The van der Waals surface area contributed by atoms with Gasteiger partial charge in [-0.2, -0.15) is 0 Å². The molecule has 1 aromatic heterocycles. The van der Waals surface area contributed by atoms with Gasteiger partial charge in [0.25, 0.3) is 0 Å². The molecule has 0 saturated heterocycles. The minimum absolute atomic E-state index is 0.0212. The van der Waals surface area contributed by atoms with E-state index in [-0.39, 0.29) is 23.2 Å². The van der Waals surface area contributed by atoms with E-state index >= 15 is 0 Å². The van der Waals surface area contributed by atoms with Gasteiger partial charge in [-0.15, -0.1) is 5.10 Å². The molecule has 0 amide bonds. The second-order valence-electron chi connectivity index (χ2n) is 4.66. The molecule has 0 radical (unpaired) electrons. The quantitative estimate of drug-likeness (QED) is 0.871. The standard InChI is InChI=1S/C11H13F2N3O/c1-6-4-7-10(9(13)8(6)12)16(15-14-7)11(2,3)5-17/h4,17H,5H2,1-3H3. The van der Waals surface area contributed by atoms with Gasteiger partial charge in [-0.25, -0.2) is 13.5 Å². The van der Waals surface area contributed by atoms with Gasteiger partial charge >= 0.3 is 0 Å². The van der Waals surface area contributed by atoms with E-state index in [4.69, 9.17) is 0 Å². The molecule has 0 atom stereocenters. The minimum Gasteiger partial charge on any atom is -0.394 e. The van der Waals surface area contributed by atoms with Gasteiger partial charge in [0.05, 0.1) is 12.1 Å². The maximum absolute atomic E-state index is 13.9. The molecular weight excluding hydrogens is 228 g/mol. The van der Waals surface area contributed by atoms with Crippen LogP contribution in [0.5, 0.6) is 0 Å². The average Bonchev–Trinajstić information content (AvgIpc) is 2.70. The molecule has 92 valence electrons. The molecule has 2 aromatic rings. The van der Waals surface area contributed by atoms with Crippen LogP contribution in [0.25, 0.3) is 11.0 Å². The summed E-state index contributed by atoms with van der Waals surface area (Å²) in [5, 5.41) is 16.8. The van der Waals surface area contributed by atoms with E-state index in [9.17, 15) is 13.9 Å². The second-order valence-corrected chi connectivity index (χ2v) is 4.66. The number of halogens is 2. The van der Waals surface area contributed by atoms with Crippen molar-refractivity contribution in [2.75, 3.05) is 6.61 Å². The minimum atomic E-state index is -0.980. The van der Waals surface area contributed by atoms with E-state index in [0.717, 1.165) is 0 Å². The summed E-state index contributed by atoms with van der Waals surface area (Å²) in [5.74, 6) is -1.89. The highest BCUT2D eigenvalue weighted by Gasteiger charge is 2.26. The third kappa shape index (κ3) is 1.68. The maximum Gasteiger partial charge on any atom is 0.186 e. The Labute approximate surface area is 96.9 Å². The molecule has 0 aliphatic rings. The maximum atomic E-state index is 13.9. The van der Waals surface area contributed by atoms with Crippen LogP contribution >= 0.6 is 0 Å². The van der Waals surface area contributed by atoms with Crippen molar-refractivity contribution in [3.63, 3.8) is 0 Å². The van der Waals surface area contributed by atoms with Crippen molar-refractivity contribution < 1.29 is 13.9 Å². The van der Waals surface area contributed by atoms with Crippen LogP contribution < -0.4 is 0 Å². The average molecular weight is 241 g/mol. The van der Waals surface area contributed by atoms with Crippen LogP contribution in [0.4, 0.5) is 8.78 Å². The Balaban J connectivity index is 2.81. The number of aryl methyl sites for hydroxylation is 1. The summed E-state index contributed by atoms with van der Waals surface area (Å²) in [4.78, 5) is 0. The third-order valence-corrected chi connectivity index (χ3v) is 2.76. The van der Waals surface area contributed by atoms with Crippen molar-refractivity contribution in [3.8, 4) is 0 Å². The van der Waals surface area contributed by atoms with E-state index in [1.165, 1.54) is 17.7 Å². The van der Waals surface area contributed by atoms with E-state index in [2.05, 4.69) is 10.3 Å². The van der Waals surface area contributed by atoms with Crippen LogP contribution in [-0.2, 0) is 5.54 Å². The zero-order valence-electron chi connectivity index (χ0n) is 9.83. The molecule has 4 nitrogen and oxygen atoms in total. The SMILES string of the molecule is Cc1cc2nnn(C(C)(C)CO)c2c(F)c1F. The number of aromatic nitrogens is 3. The summed E-state index contributed by atoms with van der Waals surface area (Å²) in [7, 11) is 0. The van der Waals surface area contributed by atoms with E-state index in [1.807, 2.05) is 0 Å². The Morgan fingerprint density at radius 3 is 2.59 bits per heavy atom. The third-order valence-electron chi connectivity index (χ3n) is 2.76. The Bertz CT molecular complexity index is 578. The van der Waals surface area contributed by atoms with Crippen molar-refractivity contribution in [2.24, 2.45) is 0 Å². The Morgan fingerprint density at radius 1 is 1.35 bits per heavy atom. The second kappa shape index (κ2) is 3.73. The van der Waals surface area contributed by atoms with E-state index in [1.54, 1.807) is 13.8 Å². The van der Waals surface area contributed by atoms with Gasteiger partial charge in [-0.05, 0) is 32.4 Å². The van der Waals surface area contributed by atoms with Crippen molar-refractivity contribution in [1.29, 1.82) is 0 Å². The zero-order chi connectivity index (χ0) is 12.8. The summed E-state index contributed by atoms with van der Waals surface area (Å²) < 4.78 is 28.6. The number of aliphatic hydroxyl groups is 1. The number of hydrogen-bond donors (Lipinski definition) is 1. The predicted octanol–water partition coefficient (Wildman–Crippen LogP) is 1.75. The Hall–Kier alpha value is -1.56. The molecule has 1 heterocycles. The largest absolute Gasteiger partial charge is 0.394 e. The fourth-order valence-electron chi connectivity index (χ4n) is 1.63. The van der Waals surface area contributed by atoms with Gasteiger partial charge in [0, 0.05) is 0 Å². The fourth-order valence-corrected chi connectivity index (χ4v) is 1.63. The lowest BCUT2D eigenvalue weighted by atomic mass is 10.1. The van der Waals surface area contributed by atoms with Crippen molar-refractivity contribution >= 4 is 11.0 Å². The zero-order valence-corrected chi connectivity index (χ0v) is 9.83. The highest BCUT2D eigenvalue weighted by atomic mass is 19.2. The summed E-state index contributed by atoms with van der Waals surface area (Å²) in [6, 6.07) is 1.44. The van der Waals surface area contributed by atoms with E-state index in [0.29, 0.717) is 0 Å². The number of fused-ring (bicyclic) bond motifs is 1. The van der Waals surface area contributed by atoms with Crippen LogP contribution in [0.3, 0.4) is 0 Å². The molecule has 0 fully saturated rings. The molecule has 1 aromatic carbocycles. The summed E-state index contributed by atoms with van der Waals surface area (Å²) in [6.07, 6.45) is 0. The predicted molar refractivity (Wildman–Crippen MR) is 58.6 cm³/mol. The number of benzene rings is 1. The highest BCUT2D eigenvalue weighted by molar-refractivity contribution is 5.76. The summed E-state index contributed by atoms with van der Waals surface area (Å²) in [5.41, 5.74) is -0.393. The first-order chi connectivity index (χ1) is 7.88. The molecule has 1 N–H and O–H groups in total. The lowest BCUT2D eigenvalue weighted by molar-refractivity contribution is 0.153. The van der Waals surface area contributed by atoms with Crippen LogP contribution in [-0.4, -0.2) is 26.7 Å². The number of hydrogen-bond acceptors (Lipinski definition) is 3. The van der Waals surface area contributed by atoms with Crippen molar-refractivity contribution in [1.82, 2.24) is 15.0 Å². The molecule has 6 heteroatoms. The monoisotopic (exact) mass is 241 g/mol. The van der Waals surface area contributed by atoms with Gasteiger partial charge in [0.15, 0.2) is 11.6 Å². The van der Waals surface area contributed by atoms with Gasteiger partial charge in [-0.3, -0.25) is 0 Å². The topological polar surface area (TPSA) is 50.9 Å². The molecule has 17 heavy (non-hydrogen) atoms. The van der Waals surface area contributed by atoms with Gasteiger partial charge in [0.1, 0.15) is 11.0 Å². The molecule has 0 spiro atoms. The molecule has 0 saturated carbocycles. The van der Waals surface area contributed by atoms with Gasteiger partial charge in [-0.1, -0.05) is 5.21 Å².